The van der Waals surface area contributed by atoms with Gasteiger partial charge in [0, 0.05) is 16.6 Å². The molecular weight excluding hydrogens is 160 g/mol. The van der Waals surface area contributed by atoms with E-state index in [-0.39, 0.29) is 0 Å². The van der Waals surface area contributed by atoms with E-state index in [1.54, 1.807) is 0 Å². The molecule has 0 atom stereocenters. The van der Waals surface area contributed by atoms with Crippen LogP contribution in [0.1, 0.15) is 25.7 Å². The fourth-order valence-corrected chi connectivity index (χ4v) is 4.95. The highest BCUT2D eigenvalue weighted by Crippen LogP contribution is 2.46. The summed E-state index contributed by atoms with van der Waals surface area (Å²) >= 11 is 4.31. The molecule has 2 aliphatic rings. The van der Waals surface area contributed by atoms with Crippen LogP contribution in [0.2, 0.25) is 0 Å². The highest BCUT2D eigenvalue weighted by Gasteiger charge is 2.35. The van der Waals surface area contributed by atoms with Crippen LogP contribution in [0.25, 0.3) is 0 Å². The van der Waals surface area contributed by atoms with Crippen LogP contribution < -0.4 is 0 Å². The minimum absolute atomic E-state index is 0.799. The van der Waals surface area contributed by atoms with E-state index >= 15 is 0 Å². The normalized spacial score (nSPS) is 31.2. The second kappa shape index (κ2) is 2.98. The third-order valence-electron chi connectivity index (χ3n) is 2.65. The molecule has 0 aromatic heterocycles. The number of rotatable bonds is 0. The molecule has 2 rings (SSSR count). The van der Waals surface area contributed by atoms with Crippen molar-refractivity contribution in [1.82, 2.24) is 0 Å². The topological polar surface area (TPSA) is 0 Å². The van der Waals surface area contributed by atoms with E-state index in [9.17, 15) is 0 Å². The molecule has 0 amide bonds. The molecule has 0 aromatic carbocycles. The van der Waals surface area contributed by atoms with E-state index < -0.39 is 0 Å². The molecule has 2 heteroatoms. The van der Waals surface area contributed by atoms with Gasteiger partial charge in [0.15, 0.2) is 0 Å². The molecule has 1 heterocycles. The second-order valence-corrected chi connectivity index (χ2v) is 5.86. The van der Waals surface area contributed by atoms with E-state index in [1.165, 1.54) is 42.3 Å². The smallest absolute Gasteiger partial charge is 0.0392 e. The zero-order valence-electron chi connectivity index (χ0n) is 6.27. The van der Waals surface area contributed by atoms with Crippen LogP contribution in [0.3, 0.4) is 0 Å². The lowest BCUT2D eigenvalue weighted by Crippen LogP contribution is -2.25. The molecule has 58 valence electrons. The Morgan fingerprint density at radius 3 is 2.10 bits per heavy atom. The number of hydrogen-bond donors (Lipinski definition) is 0. The van der Waals surface area contributed by atoms with Crippen molar-refractivity contribution in [2.45, 2.75) is 25.7 Å². The van der Waals surface area contributed by atoms with Crippen LogP contribution in [0.5, 0.6) is 0 Å². The third-order valence-corrected chi connectivity index (χ3v) is 5.61. The van der Waals surface area contributed by atoms with Gasteiger partial charge in [0.25, 0.3) is 0 Å². The minimum atomic E-state index is 0.799. The van der Waals surface area contributed by atoms with Crippen molar-refractivity contribution >= 4 is 23.5 Å². The van der Waals surface area contributed by atoms with Crippen molar-refractivity contribution in [3.63, 3.8) is 0 Å². The summed E-state index contributed by atoms with van der Waals surface area (Å²) in [6.45, 7) is 0. The Bertz CT molecular complexity index is 108. The molecule has 0 bridgehead atoms. The number of hydrogen-bond acceptors (Lipinski definition) is 2. The minimum Gasteiger partial charge on any atom is -0.150 e. The van der Waals surface area contributed by atoms with Gasteiger partial charge in [-0.15, -0.1) is 0 Å². The first-order chi connectivity index (χ1) is 4.91. The van der Waals surface area contributed by atoms with E-state index in [0.29, 0.717) is 0 Å². The molecule has 1 aliphatic carbocycles. The third kappa shape index (κ3) is 1.33. The molecule has 1 aliphatic heterocycles. The quantitative estimate of drug-likeness (QED) is 0.554. The molecule has 1 saturated carbocycles. The van der Waals surface area contributed by atoms with Gasteiger partial charge >= 0.3 is 0 Å². The van der Waals surface area contributed by atoms with Gasteiger partial charge in [0.2, 0.25) is 0 Å². The summed E-state index contributed by atoms with van der Waals surface area (Å²) in [4.78, 5) is 0. The van der Waals surface area contributed by atoms with Crippen molar-refractivity contribution in [3.05, 3.63) is 0 Å². The zero-order valence-corrected chi connectivity index (χ0v) is 7.90. The molecule has 0 unspecified atom stereocenters. The first-order valence-corrected chi connectivity index (χ1v) is 6.38. The molecule has 10 heavy (non-hydrogen) atoms. The number of thioether (sulfide) groups is 2. The van der Waals surface area contributed by atoms with E-state index in [0.717, 1.165) is 5.41 Å². The van der Waals surface area contributed by atoms with Crippen molar-refractivity contribution in [1.29, 1.82) is 0 Å². The van der Waals surface area contributed by atoms with E-state index in [1.807, 2.05) is 0 Å². The second-order valence-electron chi connectivity index (χ2n) is 3.52. The molecule has 1 spiro atoms. The molecule has 0 aromatic rings. The lowest BCUT2D eigenvalue weighted by atomic mass is 9.91. The average molecular weight is 174 g/mol. The van der Waals surface area contributed by atoms with Gasteiger partial charge in [-0.2, -0.15) is 23.5 Å². The summed E-state index contributed by atoms with van der Waals surface area (Å²) in [6, 6.07) is 0. The van der Waals surface area contributed by atoms with Crippen molar-refractivity contribution in [2.75, 3.05) is 16.6 Å². The monoisotopic (exact) mass is 174 g/mol. The SMILES string of the molecule is C1CCC2(C1)CSCSC2. The summed E-state index contributed by atoms with van der Waals surface area (Å²) in [5.41, 5.74) is 0.799. The Morgan fingerprint density at radius 1 is 0.900 bits per heavy atom. The summed E-state index contributed by atoms with van der Waals surface area (Å²) in [7, 11) is 0. The fourth-order valence-electron chi connectivity index (χ4n) is 2.03. The maximum Gasteiger partial charge on any atom is 0.0392 e. The largest absolute Gasteiger partial charge is 0.150 e. The molecule has 0 radical (unpaired) electrons. The fraction of sp³-hybridized carbons (Fsp3) is 1.00. The van der Waals surface area contributed by atoms with Crippen LogP contribution >= 0.6 is 23.5 Å². The first-order valence-electron chi connectivity index (χ1n) is 4.07. The van der Waals surface area contributed by atoms with Crippen LogP contribution in [0.4, 0.5) is 0 Å². The van der Waals surface area contributed by atoms with Crippen LogP contribution in [0.15, 0.2) is 0 Å². The van der Waals surface area contributed by atoms with Crippen LogP contribution in [-0.2, 0) is 0 Å². The maximum absolute atomic E-state index is 2.15. The highest BCUT2D eigenvalue weighted by atomic mass is 32.2. The Hall–Kier alpha value is 0.700. The van der Waals surface area contributed by atoms with Crippen molar-refractivity contribution in [3.8, 4) is 0 Å². The Balaban J connectivity index is 1.98. The van der Waals surface area contributed by atoms with Gasteiger partial charge in [-0.05, 0) is 18.3 Å². The van der Waals surface area contributed by atoms with E-state index in [2.05, 4.69) is 23.5 Å². The Kier molecular flexibility index (Phi) is 2.19. The summed E-state index contributed by atoms with van der Waals surface area (Å²) < 4.78 is 0. The van der Waals surface area contributed by atoms with Crippen LogP contribution in [0, 0.1) is 5.41 Å². The van der Waals surface area contributed by atoms with Crippen molar-refractivity contribution in [2.24, 2.45) is 5.41 Å². The van der Waals surface area contributed by atoms with Gasteiger partial charge in [-0.3, -0.25) is 0 Å². The van der Waals surface area contributed by atoms with Gasteiger partial charge in [0.05, 0.1) is 0 Å². The summed E-state index contributed by atoms with van der Waals surface area (Å²) in [6.07, 6.45) is 6.04. The molecule has 2 fully saturated rings. The van der Waals surface area contributed by atoms with Gasteiger partial charge in [-0.25, -0.2) is 0 Å². The lowest BCUT2D eigenvalue weighted by Gasteiger charge is -2.31. The van der Waals surface area contributed by atoms with E-state index in [4.69, 9.17) is 0 Å². The summed E-state index contributed by atoms with van der Waals surface area (Å²) in [5, 5.41) is 1.35. The predicted molar refractivity (Wildman–Crippen MR) is 50.7 cm³/mol. The maximum atomic E-state index is 2.15. The van der Waals surface area contributed by atoms with Gasteiger partial charge in [-0.1, -0.05) is 12.8 Å². The predicted octanol–water partition coefficient (Wildman–Crippen LogP) is 2.98. The molecular formula is C8H14S2. The van der Waals surface area contributed by atoms with Gasteiger partial charge in [0.1, 0.15) is 0 Å². The highest BCUT2D eigenvalue weighted by molar-refractivity contribution is 8.16. The van der Waals surface area contributed by atoms with Crippen molar-refractivity contribution < 1.29 is 0 Å². The average Bonchev–Trinajstić information content (AvgIpc) is 2.39. The Labute approximate surface area is 71.5 Å². The van der Waals surface area contributed by atoms with Gasteiger partial charge < -0.3 is 0 Å². The molecule has 0 nitrogen and oxygen atoms in total. The van der Waals surface area contributed by atoms with Crippen LogP contribution in [-0.4, -0.2) is 16.6 Å². The molecule has 1 saturated heterocycles. The summed E-state index contributed by atoms with van der Waals surface area (Å²) in [5.74, 6) is 2.92. The Morgan fingerprint density at radius 2 is 1.50 bits per heavy atom. The first kappa shape index (κ1) is 7.35. The lowest BCUT2D eigenvalue weighted by molar-refractivity contribution is 0.401. The standard InChI is InChI=1S/C8H14S2/c1-2-4-8(3-1)5-9-7-10-6-8/h1-7H2. The molecule has 0 N–H and O–H groups in total. The zero-order chi connectivity index (χ0) is 6.86.